The van der Waals surface area contributed by atoms with E-state index in [-0.39, 0.29) is 5.91 Å². The van der Waals surface area contributed by atoms with Gasteiger partial charge in [0, 0.05) is 11.3 Å². The van der Waals surface area contributed by atoms with E-state index >= 15 is 0 Å². The zero-order chi connectivity index (χ0) is 27.5. The van der Waals surface area contributed by atoms with E-state index in [0.717, 1.165) is 5.56 Å². The van der Waals surface area contributed by atoms with Crippen LogP contribution in [-0.4, -0.2) is 49.1 Å². The lowest BCUT2D eigenvalue weighted by atomic mass is 9.94. The molecule has 2 heterocycles. The highest BCUT2D eigenvalue weighted by atomic mass is 16.5. The zero-order valence-corrected chi connectivity index (χ0v) is 22.3. The number of nitrogens with zero attached hydrogens (tertiary/aromatic N) is 3. The van der Waals surface area contributed by atoms with Crippen molar-refractivity contribution in [3.63, 3.8) is 0 Å². The maximum atomic E-state index is 14.0. The Bertz CT molecular complexity index is 1560. The Morgan fingerprint density at radius 3 is 2.28 bits per heavy atom. The van der Waals surface area contributed by atoms with Crippen molar-refractivity contribution in [2.75, 3.05) is 39.1 Å². The van der Waals surface area contributed by atoms with Crippen molar-refractivity contribution in [1.82, 2.24) is 14.8 Å². The molecule has 5 rings (SSSR count). The first-order valence-corrected chi connectivity index (χ1v) is 12.2. The smallest absolute Gasteiger partial charge is 0.255 e. The van der Waals surface area contributed by atoms with Gasteiger partial charge in [0.25, 0.3) is 5.91 Å². The first kappa shape index (κ1) is 25.7. The highest BCUT2D eigenvalue weighted by Crippen LogP contribution is 2.42. The van der Waals surface area contributed by atoms with Crippen LogP contribution in [-0.2, 0) is 4.79 Å². The number of rotatable bonds is 8. The molecule has 2 N–H and O–H groups in total. The number of benzene rings is 3. The van der Waals surface area contributed by atoms with E-state index in [1.165, 1.54) is 0 Å². The van der Waals surface area contributed by atoms with E-state index in [0.29, 0.717) is 57.3 Å². The summed E-state index contributed by atoms with van der Waals surface area (Å²) >= 11 is 0. The SMILES string of the molecule is COc1ccc(OC)c(C2C(C(=O)Nc3ccccc3OC)=C(C)Nc3nc(-c4ccccc4OC)nn32)c1. The Balaban J connectivity index is 1.68. The van der Waals surface area contributed by atoms with E-state index < -0.39 is 6.04 Å². The molecule has 0 bridgehead atoms. The maximum absolute atomic E-state index is 14.0. The molecule has 1 aliphatic heterocycles. The number of anilines is 2. The van der Waals surface area contributed by atoms with Crippen LogP contribution in [0.1, 0.15) is 18.5 Å². The number of methoxy groups -OCH3 is 4. The summed E-state index contributed by atoms with van der Waals surface area (Å²) in [5, 5.41) is 11.1. The lowest BCUT2D eigenvalue weighted by molar-refractivity contribution is -0.113. The summed E-state index contributed by atoms with van der Waals surface area (Å²) in [6.45, 7) is 1.83. The number of hydrogen-bond acceptors (Lipinski definition) is 8. The lowest BCUT2D eigenvalue weighted by Crippen LogP contribution is -2.31. The van der Waals surface area contributed by atoms with Crippen LogP contribution in [0.2, 0.25) is 0 Å². The van der Waals surface area contributed by atoms with Gasteiger partial charge in [-0.2, -0.15) is 4.98 Å². The first-order chi connectivity index (χ1) is 19.0. The number of carbonyl (C=O) groups is 1. The van der Waals surface area contributed by atoms with Gasteiger partial charge in [0.05, 0.1) is 45.3 Å². The monoisotopic (exact) mass is 527 g/mol. The molecule has 10 heteroatoms. The van der Waals surface area contributed by atoms with Gasteiger partial charge in [-0.25, -0.2) is 4.68 Å². The quantitative estimate of drug-likeness (QED) is 0.333. The minimum atomic E-state index is -0.697. The number of amides is 1. The van der Waals surface area contributed by atoms with Crippen LogP contribution in [0.15, 0.2) is 78.0 Å². The molecule has 0 spiro atoms. The molecular formula is C29H29N5O5. The Morgan fingerprint density at radius 2 is 1.56 bits per heavy atom. The molecule has 1 atom stereocenters. The fraction of sp³-hybridized carbons (Fsp3) is 0.207. The van der Waals surface area contributed by atoms with E-state index in [9.17, 15) is 4.79 Å². The van der Waals surface area contributed by atoms with Crippen LogP contribution in [0.3, 0.4) is 0 Å². The number of hydrogen-bond donors (Lipinski definition) is 2. The Hall–Kier alpha value is -4.99. The van der Waals surface area contributed by atoms with Gasteiger partial charge in [0.15, 0.2) is 5.82 Å². The molecule has 0 radical (unpaired) electrons. The molecule has 200 valence electrons. The molecule has 1 amide bonds. The Kier molecular flexibility index (Phi) is 7.09. The minimum absolute atomic E-state index is 0.334. The largest absolute Gasteiger partial charge is 0.497 e. The second-order valence-corrected chi connectivity index (χ2v) is 8.73. The molecule has 0 aliphatic carbocycles. The highest BCUT2D eigenvalue weighted by molar-refractivity contribution is 6.06. The number of allylic oxidation sites excluding steroid dienone is 1. The predicted molar refractivity (Wildman–Crippen MR) is 148 cm³/mol. The van der Waals surface area contributed by atoms with Gasteiger partial charge in [-0.1, -0.05) is 24.3 Å². The fourth-order valence-electron chi connectivity index (χ4n) is 4.67. The van der Waals surface area contributed by atoms with Crippen molar-refractivity contribution >= 4 is 17.5 Å². The average molecular weight is 528 g/mol. The predicted octanol–water partition coefficient (Wildman–Crippen LogP) is 4.91. The summed E-state index contributed by atoms with van der Waals surface area (Å²) in [6.07, 6.45) is 0. The summed E-state index contributed by atoms with van der Waals surface area (Å²) in [6, 6.07) is 19.5. The molecule has 1 unspecified atom stereocenters. The van der Waals surface area contributed by atoms with Crippen LogP contribution >= 0.6 is 0 Å². The molecule has 0 fully saturated rings. The maximum Gasteiger partial charge on any atom is 0.255 e. The van der Waals surface area contributed by atoms with Crippen LogP contribution in [0.4, 0.5) is 11.6 Å². The van der Waals surface area contributed by atoms with Gasteiger partial charge in [-0.15, -0.1) is 5.10 Å². The van der Waals surface area contributed by atoms with Crippen molar-refractivity contribution < 1.29 is 23.7 Å². The average Bonchev–Trinajstić information content (AvgIpc) is 3.39. The number of nitrogens with one attached hydrogen (secondary N) is 2. The third-order valence-corrected chi connectivity index (χ3v) is 6.53. The van der Waals surface area contributed by atoms with Crippen molar-refractivity contribution in [2.45, 2.75) is 13.0 Å². The molecule has 3 aromatic carbocycles. The van der Waals surface area contributed by atoms with Gasteiger partial charge >= 0.3 is 0 Å². The third-order valence-electron chi connectivity index (χ3n) is 6.53. The van der Waals surface area contributed by atoms with Gasteiger partial charge in [0.2, 0.25) is 5.95 Å². The molecule has 39 heavy (non-hydrogen) atoms. The number of para-hydroxylation sites is 3. The van der Waals surface area contributed by atoms with Crippen molar-refractivity contribution in [1.29, 1.82) is 0 Å². The van der Waals surface area contributed by atoms with E-state index in [2.05, 4.69) is 10.6 Å². The summed E-state index contributed by atoms with van der Waals surface area (Å²) in [5.74, 6) is 2.94. The second-order valence-electron chi connectivity index (χ2n) is 8.73. The number of ether oxygens (including phenoxy) is 4. The Labute approximate surface area is 226 Å². The first-order valence-electron chi connectivity index (χ1n) is 12.2. The molecule has 0 saturated heterocycles. The topological polar surface area (TPSA) is 109 Å². The van der Waals surface area contributed by atoms with Crippen molar-refractivity contribution in [3.8, 4) is 34.4 Å². The number of carbonyl (C=O) groups excluding carboxylic acids is 1. The molecule has 10 nitrogen and oxygen atoms in total. The second kappa shape index (κ2) is 10.8. The Morgan fingerprint density at radius 1 is 0.872 bits per heavy atom. The third kappa shape index (κ3) is 4.72. The highest BCUT2D eigenvalue weighted by Gasteiger charge is 2.37. The van der Waals surface area contributed by atoms with E-state index in [1.807, 2.05) is 49.4 Å². The van der Waals surface area contributed by atoms with Gasteiger partial charge in [0.1, 0.15) is 29.0 Å². The van der Waals surface area contributed by atoms with Crippen molar-refractivity contribution in [2.24, 2.45) is 0 Å². The number of aromatic nitrogens is 3. The van der Waals surface area contributed by atoms with Crippen LogP contribution in [0.5, 0.6) is 23.0 Å². The fourth-order valence-corrected chi connectivity index (χ4v) is 4.67. The standard InChI is InChI=1S/C29H29N5O5/c1-17-25(28(35)31-21-11-7-9-13-24(21)39-5)26(20-16-18(36-2)14-15-23(20)38-4)34-29(30-17)32-27(33-34)19-10-6-8-12-22(19)37-3/h6-16,26H,1-5H3,(H,31,35)(H,30,32,33). The van der Waals surface area contributed by atoms with Gasteiger partial charge < -0.3 is 29.6 Å². The summed E-state index contributed by atoms with van der Waals surface area (Å²) < 4.78 is 23.9. The zero-order valence-electron chi connectivity index (χ0n) is 22.3. The summed E-state index contributed by atoms with van der Waals surface area (Å²) in [7, 11) is 6.33. The van der Waals surface area contributed by atoms with E-state index in [1.54, 1.807) is 57.4 Å². The molecule has 1 aliphatic rings. The molecular weight excluding hydrogens is 498 g/mol. The van der Waals surface area contributed by atoms with Gasteiger partial charge in [-0.3, -0.25) is 4.79 Å². The lowest BCUT2D eigenvalue weighted by Gasteiger charge is -2.29. The van der Waals surface area contributed by atoms with Crippen LogP contribution < -0.4 is 29.6 Å². The molecule has 4 aromatic rings. The van der Waals surface area contributed by atoms with Gasteiger partial charge in [-0.05, 0) is 49.4 Å². The van der Waals surface area contributed by atoms with Crippen molar-refractivity contribution in [3.05, 3.63) is 83.6 Å². The summed E-state index contributed by atoms with van der Waals surface area (Å²) in [5.41, 5.74) is 2.99. The van der Waals surface area contributed by atoms with E-state index in [4.69, 9.17) is 29.0 Å². The van der Waals surface area contributed by atoms with Crippen LogP contribution in [0.25, 0.3) is 11.4 Å². The molecule has 0 saturated carbocycles. The minimum Gasteiger partial charge on any atom is -0.497 e. The van der Waals surface area contributed by atoms with Crippen LogP contribution in [0, 0.1) is 0 Å². The number of fused-ring (bicyclic) bond motifs is 1. The summed E-state index contributed by atoms with van der Waals surface area (Å²) in [4.78, 5) is 18.7. The molecule has 1 aromatic heterocycles. The normalized spacial score (nSPS) is 14.2.